The summed E-state index contributed by atoms with van der Waals surface area (Å²) in [5.41, 5.74) is 3.39. The Hall–Kier alpha value is -2.29. The van der Waals surface area contributed by atoms with Gasteiger partial charge in [-0.1, -0.05) is 30.3 Å². The van der Waals surface area contributed by atoms with Crippen LogP contribution in [0.5, 0.6) is 11.5 Å². The number of ether oxygens (including phenoxy) is 1. The molecule has 0 spiro atoms. The summed E-state index contributed by atoms with van der Waals surface area (Å²) in [5, 5.41) is 9.59. The summed E-state index contributed by atoms with van der Waals surface area (Å²) in [7, 11) is 0. The van der Waals surface area contributed by atoms with Crippen molar-refractivity contribution in [3.05, 3.63) is 58.7 Å². The fourth-order valence-electron chi connectivity index (χ4n) is 2.64. The second-order valence-corrected chi connectivity index (χ2v) is 4.85. The molecule has 1 atom stereocenters. The number of hydrogen-bond acceptors (Lipinski definition) is 2. The van der Waals surface area contributed by atoms with Gasteiger partial charge in [0.05, 0.1) is 0 Å². The van der Waals surface area contributed by atoms with Gasteiger partial charge in [-0.15, -0.1) is 0 Å². The van der Waals surface area contributed by atoms with Gasteiger partial charge < -0.3 is 9.84 Å². The number of aliphatic carboxylic acids is 1. The van der Waals surface area contributed by atoms with Crippen LogP contribution >= 0.6 is 0 Å². The highest BCUT2D eigenvalue weighted by molar-refractivity contribution is 5.84. The van der Waals surface area contributed by atoms with Crippen molar-refractivity contribution in [1.29, 1.82) is 0 Å². The molecule has 3 heteroatoms. The monoisotopic (exact) mass is 254 g/mol. The van der Waals surface area contributed by atoms with Gasteiger partial charge in [-0.05, 0) is 31.0 Å². The largest absolute Gasteiger partial charge is 0.481 e. The molecule has 0 saturated heterocycles. The van der Waals surface area contributed by atoms with Crippen molar-refractivity contribution < 1.29 is 14.6 Å². The van der Waals surface area contributed by atoms with Gasteiger partial charge in [0.1, 0.15) is 17.4 Å². The van der Waals surface area contributed by atoms with E-state index in [1.54, 1.807) is 0 Å². The van der Waals surface area contributed by atoms with Crippen molar-refractivity contribution in [2.75, 3.05) is 0 Å². The lowest BCUT2D eigenvalue weighted by Gasteiger charge is -2.28. The number of carbonyl (C=O) groups is 1. The van der Waals surface area contributed by atoms with E-state index < -0.39 is 11.9 Å². The molecule has 0 radical (unpaired) electrons. The molecule has 1 heterocycles. The van der Waals surface area contributed by atoms with Crippen LogP contribution in [0, 0.1) is 13.8 Å². The summed E-state index contributed by atoms with van der Waals surface area (Å²) in [4.78, 5) is 11.7. The summed E-state index contributed by atoms with van der Waals surface area (Å²) >= 11 is 0. The van der Waals surface area contributed by atoms with E-state index in [0.717, 1.165) is 22.3 Å². The van der Waals surface area contributed by atoms with Crippen LogP contribution in [0.1, 0.15) is 28.2 Å². The molecule has 0 aliphatic carbocycles. The maximum absolute atomic E-state index is 11.7. The third-order valence-corrected chi connectivity index (χ3v) is 3.59. The summed E-state index contributed by atoms with van der Waals surface area (Å²) in [6, 6.07) is 11.2. The average Bonchev–Trinajstić information content (AvgIpc) is 2.40. The van der Waals surface area contributed by atoms with E-state index in [1.807, 2.05) is 50.2 Å². The SMILES string of the molecule is Cc1ccc(C)c2c1Oc1ccccc1C2C(=O)O. The van der Waals surface area contributed by atoms with E-state index in [9.17, 15) is 9.90 Å². The second kappa shape index (κ2) is 4.12. The molecule has 0 fully saturated rings. The molecule has 2 aromatic carbocycles. The highest BCUT2D eigenvalue weighted by atomic mass is 16.5. The molecule has 0 aromatic heterocycles. The number of carboxylic acid groups (broad SMARTS) is 1. The molecule has 3 rings (SSSR count). The summed E-state index contributed by atoms with van der Waals surface area (Å²) in [6.07, 6.45) is 0. The number of para-hydroxylation sites is 1. The first-order chi connectivity index (χ1) is 9.09. The topological polar surface area (TPSA) is 46.5 Å². The molecule has 19 heavy (non-hydrogen) atoms. The molecule has 1 N–H and O–H groups in total. The third kappa shape index (κ3) is 1.70. The maximum atomic E-state index is 11.7. The maximum Gasteiger partial charge on any atom is 0.315 e. The molecule has 1 unspecified atom stereocenters. The Kier molecular flexibility index (Phi) is 2.56. The Labute approximate surface area is 111 Å². The number of benzene rings is 2. The lowest BCUT2D eigenvalue weighted by atomic mass is 9.84. The van der Waals surface area contributed by atoms with Crippen molar-refractivity contribution in [1.82, 2.24) is 0 Å². The zero-order valence-electron chi connectivity index (χ0n) is 10.8. The molecule has 2 aromatic rings. The van der Waals surface area contributed by atoms with Crippen LogP contribution in [0.15, 0.2) is 36.4 Å². The Morgan fingerprint density at radius 3 is 2.53 bits per heavy atom. The van der Waals surface area contributed by atoms with Gasteiger partial charge in [0.25, 0.3) is 0 Å². The predicted octanol–water partition coefficient (Wildman–Crippen LogP) is 3.63. The van der Waals surface area contributed by atoms with Crippen molar-refractivity contribution in [3.63, 3.8) is 0 Å². The molecule has 1 aliphatic heterocycles. The molecular weight excluding hydrogens is 240 g/mol. The molecular formula is C16H14O3. The van der Waals surface area contributed by atoms with E-state index in [2.05, 4.69) is 0 Å². The van der Waals surface area contributed by atoms with E-state index >= 15 is 0 Å². The van der Waals surface area contributed by atoms with Crippen LogP contribution in [0.25, 0.3) is 0 Å². The fraction of sp³-hybridized carbons (Fsp3) is 0.188. The van der Waals surface area contributed by atoms with Gasteiger partial charge in [0.2, 0.25) is 0 Å². The van der Waals surface area contributed by atoms with Gasteiger partial charge in [-0.2, -0.15) is 0 Å². The minimum Gasteiger partial charge on any atom is -0.481 e. The smallest absolute Gasteiger partial charge is 0.315 e. The van der Waals surface area contributed by atoms with Crippen molar-refractivity contribution in [3.8, 4) is 11.5 Å². The van der Waals surface area contributed by atoms with Gasteiger partial charge in [0.15, 0.2) is 0 Å². The van der Waals surface area contributed by atoms with Crippen molar-refractivity contribution >= 4 is 5.97 Å². The average molecular weight is 254 g/mol. The minimum atomic E-state index is -0.842. The van der Waals surface area contributed by atoms with Crippen molar-refractivity contribution in [2.24, 2.45) is 0 Å². The van der Waals surface area contributed by atoms with Crippen LogP contribution in [0.2, 0.25) is 0 Å². The van der Waals surface area contributed by atoms with Crippen LogP contribution in [0.3, 0.4) is 0 Å². The number of aryl methyl sites for hydroxylation is 2. The zero-order chi connectivity index (χ0) is 13.6. The van der Waals surface area contributed by atoms with Gasteiger partial charge in [-0.3, -0.25) is 4.79 Å². The van der Waals surface area contributed by atoms with Crippen LogP contribution in [-0.4, -0.2) is 11.1 Å². The molecule has 0 amide bonds. The van der Waals surface area contributed by atoms with E-state index in [0.29, 0.717) is 11.5 Å². The quantitative estimate of drug-likeness (QED) is 0.845. The lowest BCUT2D eigenvalue weighted by Crippen LogP contribution is -2.20. The number of rotatable bonds is 1. The number of hydrogen-bond donors (Lipinski definition) is 1. The van der Waals surface area contributed by atoms with Gasteiger partial charge >= 0.3 is 5.97 Å². The Balaban J connectivity index is 2.32. The number of carboxylic acids is 1. The summed E-state index contributed by atoms with van der Waals surface area (Å²) in [6.45, 7) is 3.86. The summed E-state index contributed by atoms with van der Waals surface area (Å²) < 4.78 is 5.91. The molecule has 96 valence electrons. The second-order valence-electron chi connectivity index (χ2n) is 4.85. The third-order valence-electron chi connectivity index (χ3n) is 3.59. The first-order valence-corrected chi connectivity index (χ1v) is 6.19. The summed E-state index contributed by atoms with van der Waals surface area (Å²) in [5.74, 6) is -0.173. The van der Waals surface area contributed by atoms with E-state index in [1.165, 1.54) is 0 Å². The highest BCUT2D eigenvalue weighted by Crippen LogP contribution is 2.46. The molecule has 1 aliphatic rings. The predicted molar refractivity (Wildman–Crippen MR) is 71.9 cm³/mol. The molecule has 0 bridgehead atoms. The first-order valence-electron chi connectivity index (χ1n) is 6.19. The standard InChI is InChI=1S/C16H14O3/c1-9-7-8-10(2)15-13(9)14(16(17)18)11-5-3-4-6-12(11)19-15/h3-8,14H,1-2H3,(H,17,18). The Morgan fingerprint density at radius 2 is 1.79 bits per heavy atom. The highest BCUT2D eigenvalue weighted by Gasteiger charge is 2.34. The van der Waals surface area contributed by atoms with Gasteiger partial charge in [-0.25, -0.2) is 0 Å². The Bertz CT molecular complexity index is 674. The molecule has 0 saturated carbocycles. The van der Waals surface area contributed by atoms with Gasteiger partial charge in [0, 0.05) is 11.1 Å². The fourth-order valence-corrected chi connectivity index (χ4v) is 2.64. The van der Waals surface area contributed by atoms with E-state index in [-0.39, 0.29) is 0 Å². The first kappa shape index (κ1) is 11.8. The minimum absolute atomic E-state index is 0.635. The Morgan fingerprint density at radius 1 is 1.11 bits per heavy atom. The van der Waals surface area contributed by atoms with Crippen LogP contribution in [0.4, 0.5) is 0 Å². The molecule has 3 nitrogen and oxygen atoms in total. The normalized spacial score (nSPS) is 16.2. The number of fused-ring (bicyclic) bond motifs is 2. The van der Waals surface area contributed by atoms with Crippen LogP contribution in [-0.2, 0) is 4.79 Å². The van der Waals surface area contributed by atoms with Crippen molar-refractivity contribution in [2.45, 2.75) is 19.8 Å². The van der Waals surface area contributed by atoms with Crippen LogP contribution < -0.4 is 4.74 Å². The lowest BCUT2D eigenvalue weighted by molar-refractivity contribution is -0.137. The van der Waals surface area contributed by atoms with E-state index in [4.69, 9.17) is 4.74 Å². The zero-order valence-corrected chi connectivity index (χ0v) is 10.8.